The van der Waals surface area contributed by atoms with Crippen LogP contribution in [0.4, 0.5) is 5.69 Å². The summed E-state index contributed by atoms with van der Waals surface area (Å²) in [7, 11) is 0. The van der Waals surface area contributed by atoms with Crippen molar-refractivity contribution in [1.82, 2.24) is 25.5 Å². The molecule has 0 aliphatic carbocycles. The number of H-pyrrole nitrogens is 1. The average molecular weight is 260 g/mol. The molecule has 2 aromatic heterocycles. The van der Waals surface area contributed by atoms with Gasteiger partial charge in [0.25, 0.3) is 5.91 Å². The van der Waals surface area contributed by atoms with E-state index in [1.54, 1.807) is 12.4 Å². The summed E-state index contributed by atoms with van der Waals surface area (Å²) in [5.41, 5.74) is 7.10. The summed E-state index contributed by atoms with van der Waals surface area (Å²) in [5, 5.41) is 9.22. The van der Waals surface area contributed by atoms with Gasteiger partial charge >= 0.3 is 0 Å². The van der Waals surface area contributed by atoms with Crippen LogP contribution in [-0.4, -0.2) is 26.1 Å². The van der Waals surface area contributed by atoms with Gasteiger partial charge in [0.1, 0.15) is 5.82 Å². The van der Waals surface area contributed by atoms with Crippen LogP contribution < -0.4 is 11.1 Å². The van der Waals surface area contributed by atoms with Gasteiger partial charge in [0.05, 0.1) is 18.1 Å². The molecule has 19 heavy (non-hydrogen) atoms. The molecule has 4 N–H and O–H groups in total. The first kappa shape index (κ1) is 13.0. The molecule has 2 aromatic rings. The first-order chi connectivity index (χ1) is 9.08. The number of aromatic nitrogens is 4. The van der Waals surface area contributed by atoms with Gasteiger partial charge in [-0.05, 0) is 0 Å². The Bertz CT molecular complexity index is 564. The number of anilines is 1. The van der Waals surface area contributed by atoms with E-state index in [1.165, 1.54) is 6.20 Å². The predicted molar refractivity (Wildman–Crippen MR) is 70.3 cm³/mol. The summed E-state index contributed by atoms with van der Waals surface area (Å²) >= 11 is 0. The number of hydrogen-bond acceptors (Lipinski definition) is 5. The van der Waals surface area contributed by atoms with Gasteiger partial charge in [0.15, 0.2) is 5.69 Å². The zero-order valence-corrected chi connectivity index (χ0v) is 10.8. The highest BCUT2D eigenvalue weighted by Gasteiger charge is 2.14. The first-order valence-electron chi connectivity index (χ1n) is 5.96. The van der Waals surface area contributed by atoms with Crippen LogP contribution in [0.3, 0.4) is 0 Å². The van der Waals surface area contributed by atoms with Gasteiger partial charge in [-0.15, -0.1) is 0 Å². The Morgan fingerprint density at radius 1 is 1.47 bits per heavy atom. The molecule has 0 radical (unpaired) electrons. The summed E-state index contributed by atoms with van der Waals surface area (Å²) in [6.07, 6.45) is 4.82. The molecule has 0 atom stereocenters. The summed E-state index contributed by atoms with van der Waals surface area (Å²) in [4.78, 5) is 20.3. The fourth-order valence-corrected chi connectivity index (χ4v) is 1.51. The largest absolute Gasteiger partial charge is 0.396 e. The molecule has 0 saturated heterocycles. The van der Waals surface area contributed by atoms with Crippen LogP contribution in [0.25, 0.3) is 0 Å². The Morgan fingerprint density at radius 2 is 2.26 bits per heavy atom. The normalized spacial score (nSPS) is 10.7. The second kappa shape index (κ2) is 5.47. The van der Waals surface area contributed by atoms with Gasteiger partial charge in [-0.25, -0.2) is 9.97 Å². The van der Waals surface area contributed by atoms with Gasteiger partial charge in [0, 0.05) is 24.2 Å². The zero-order valence-electron chi connectivity index (χ0n) is 10.8. The number of nitrogens with two attached hydrogens (primary N) is 1. The number of carbonyl (C=O) groups excluding carboxylic acids is 1. The fraction of sp³-hybridized carbons (Fsp3) is 0.333. The van der Waals surface area contributed by atoms with Crippen LogP contribution in [0, 0.1) is 0 Å². The highest BCUT2D eigenvalue weighted by molar-refractivity contribution is 5.96. The second-order valence-corrected chi connectivity index (χ2v) is 4.48. The lowest BCUT2D eigenvalue weighted by molar-refractivity contribution is 0.0946. The van der Waals surface area contributed by atoms with Crippen molar-refractivity contribution >= 4 is 11.6 Å². The third-order valence-electron chi connectivity index (χ3n) is 2.58. The number of hydrogen-bond donors (Lipinski definition) is 3. The van der Waals surface area contributed by atoms with Gasteiger partial charge in [-0.1, -0.05) is 13.8 Å². The van der Waals surface area contributed by atoms with Gasteiger partial charge in [0.2, 0.25) is 0 Å². The number of aromatic amines is 1. The molecule has 0 aliphatic rings. The van der Waals surface area contributed by atoms with E-state index in [1.807, 2.05) is 13.8 Å². The third kappa shape index (κ3) is 3.06. The second-order valence-electron chi connectivity index (χ2n) is 4.48. The van der Waals surface area contributed by atoms with Crippen LogP contribution in [0.5, 0.6) is 0 Å². The fourth-order valence-electron chi connectivity index (χ4n) is 1.51. The average Bonchev–Trinajstić information content (AvgIpc) is 2.89. The molecule has 1 amide bonds. The first-order valence-corrected chi connectivity index (χ1v) is 5.96. The molecule has 7 nitrogen and oxygen atoms in total. The quantitative estimate of drug-likeness (QED) is 0.754. The summed E-state index contributed by atoms with van der Waals surface area (Å²) in [5.74, 6) is 0.423. The minimum absolute atomic E-state index is 0.140. The van der Waals surface area contributed by atoms with Crippen LogP contribution >= 0.6 is 0 Å². The zero-order chi connectivity index (χ0) is 13.8. The molecule has 2 rings (SSSR count). The van der Waals surface area contributed by atoms with Crippen LogP contribution in [-0.2, 0) is 6.54 Å². The number of rotatable bonds is 4. The van der Waals surface area contributed by atoms with Crippen molar-refractivity contribution in [3.05, 3.63) is 35.7 Å². The lowest BCUT2D eigenvalue weighted by Crippen LogP contribution is -2.25. The molecule has 0 aromatic carbocycles. The molecule has 7 heteroatoms. The molecule has 100 valence electrons. The molecule has 0 spiro atoms. The van der Waals surface area contributed by atoms with E-state index in [0.717, 1.165) is 5.56 Å². The topological polar surface area (TPSA) is 110 Å². The third-order valence-corrected chi connectivity index (χ3v) is 2.58. The van der Waals surface area contributed by atoms with Crippen molar-refractivity contribution in [2.24, 2.45) is 0 Å². The molecular weight excluding hydrogens is 244 g/mol. The van der Waals surface area contributed by atoms with E-state index < -0.39 is 0 Å². The SMILES string of the molecule is CC(C)c1ncc(N)c(C(=O)NCc2cn[nH]c2)n1. The van der Waals surface area contributed by atoms with E-state index >= 15 is 0 Å². The standard InChI is InChI=1S/C12H16N6O/c1-7(2)11-14-6-9(13)10(18-11)12(19)15-3-8-4-16-17-5-8/h4-7H,3,13H2,1-2H3,(H,15,19)(H,16,17). The number of carbonyl (C=O) groups is 1. The number of nitrogen functional groups attached to an aromatic ring is 1. The predicted octanol–water partition coefficient (Wildman–Crippen LogP) is 0.835. The molecule has 0 unspecified atom stereocenters. The van der Waals surface area contributed by atoms with E-state index in [0.29, 0.717) is 12.4 Å². The molecule has 0 saturated carbocycles. The summed E-state index contributed by atoms with van der Waals surface area (Å²) in [6, 6.07) is 0. The van der Waals surface area contributed by atoms with Crippen molar-refractivity contribution in [2.75, 3.05) is 5.73 Å². The molecule has 0 aliphatic heterocycles. The summed E-state index contributed by atoms with van der Waals surface area (Å²) in [6.45, 7) is 4.28. The van der Waals surface area contributed by atoms with Crippen molar-refractivity contribution in [2.45, 2.75) is 26.3 Å². The van der Waals surface area contributed by atoms with E-state index in [2.05, 4.69) is 25.5 Å². The van der Waals surface area contributed by atoms with Crippen molar-refractivity contribution in [3.63, 3.8) is 0 Å². The van der Waals surface area contributed by atoms with E-state index in [4.69, 9.17) is 5.73 Å². The Hall–Kier alpha value is -2.44. The van der Waals surface area contributed by atoms with Gasteiger partial charge in [-0.2, -0.15) is 5.10 Å². The van der Waals surface area contributed by atoms with Gasteiger partial charge in [-0.3, -0.25) is 9.89 Å². The van der Waals surface area contributed by atoms with Crippen LogP contribution in [0.1, 0.15) is 41.6 Å². The van der Waals surface area contributed by atoms with Gasteiger partial charge < -0.3 is 11.1 Å². The lowest BCUT2D eigenvalue weighted by Gasteiger charge is -2.09. The maximum Gasteiger partial charge on any atom is 0.272 e. The van der Waals surface area contributed by atoms with Crippen molar-refractivity contribution < 1.29 is 4.79 Å². The number of nitrogens with zero attached hydrogens (tertiary/aromatic N) is 3. The number of amides is 1. The van der Waals surface area contributed by atoms with E-state index in [-0.39, 0.29) is 23.2 Å². The monoisotopic (exact) mass is 260 g/mol. The Labute approximate surface area is 110 Å². The molecule has 0 fully saturated rings. The molecular formula is C12H16N6O. The minimum Gasteiger partial charge on any atom is -0.396 e. The summed E-state index contributed by atoms with van der Waals surface area (Å²) < 4.78 is 0. The Balaban J connectivity index is 2.11. The maximum absolute atomic E-state index is 12.0. The molecule has 0 bridgehead atoms. The lowest BCUT2D eigenvalue weighted by atomic mass is 10.2. The highest BCUT2D eigenvalue weighted by atomic mass is 16.1. The Morgan fingerprint density at radius 3 is 2.89 bits per heavy atom. The smallest absolute Gasteiger partial charge is 0.272 e. The van der Waals surface area contributed by atoms with Crippen LogP contribution in [0.2, 0.25) is 0 Å². The minimum atomic E-state index is -0.317. The van der Waals surface area contributed by atoms with Crippen LogP contribution in [0.15, 0.2) is 18.6 Å². The van der Waals surface area contributed by atoms with Crippen molar-refractivity contribution in [1.29, 1.82) is 0 Å². The number of nitrogens with one attached hydrogen (secondary N) is 2. The Kier molecular flexibility index (Phi) is 3.74. The molecule has 2 heterocycles. The van der Waals surface area contributed by atoms with E-state index in [9.17, 15) is 4.79 Å². The maximum atomic E-state index is 12.0. The van der Waals surface area contributed by atoms with Crippen molar-refractivity contribution in [3.8, 4) is 0 Å². The highest BCUT2D eigenvalue weighted by Crippen LogP contribution is 2.13.